The molecule has 3 rings (SSSR count). The lowest BCUT2D eigenvalue weighted by molar-refractivity contribution is 0.0772. The fraction of sp³-hybridized carbons (Fsp3) is 0.118. The highest BCUT2D eigenvalue weighted by Crippen LogP contribution is 2.33. The maximum Gasteiger partial charge on any atom is 0.253 e. The second-order valence-electron chi connectivity index (χ2n) is 5.04. The molecular formula is C17H12ClNO4. The maximum atomic E-state index is 12.4. The van der Waals surface area contributed by atoms with E-state index in [1.54, 1.807) is 24.3 Å². The number of ketones is 2. The monoisotopic (exact) mass is 329 g/mol. The van der Waals surface area contributed by atoms with E-state index in [1.165, 1.54) is 31.4 Å². The smallest absolute Gasteiger partial charge is 0.253 e. The van der Waals surface area contributed by atoms with Crippen LogP contribution in [0.1, 0.15) is 31.1 Å². The molecule has 1 N–H and O–H groups in total. The van der Waals surface area contributed by atoms with Gasteiger partial charge in [-0.3, -0.25) is 14.4 Å². The predicted octanol–water partition coefficient (Wildman–Crippen LogP) is 2.44. The lowest BCUT2D eigenvalue weighted by Crippen LogP contribution is -2.52. The minimum atomic E-state index is -2.10. The third kappa shape index (κ3) is 2.39. The highest BCUT2D eigenvalue weighted by atomic mass is 35.5. The zero-order valence-electron chi connectivity index (χ0n) is 12.1. The number of fused-ring (bicyclic) bond motifs is 1. The second kappa shape index (κ2) is 5.52. The van der Waals surface area contributed by atoms with E-state index in [1.807, 2.05) is 0 Å². The van der Waals surface area contributed by atoms with Crippen molar-refractivity contribution in [1.29, 1.82) is 0 Å². The summed E-state index contributed by atoms with van der Waals surface area (Å²) in [5.74, 6) is -1.28. The van der Waals surface area contributed by atoms with E-state index in [0.717, 1.165) is 0 Å². The molecule has 0 atom stereocenters. The molecule has 23 heavy (non-hydrogen) atoms. The van der Waals surface area contributed by atoms with Crippen molar-refractivity contribution < 1.29 is 19.1 Å². The van der Waals surface area contributed by atoms with E-state index in [2.05, 4.69) is 5.32 Å². The maximum absolute atomic E-state index is 12.4. The van der Waals surface area contributed by atoms with Crippen LogP contribution in [0.3, 0.4) is 0 Å². The molecule has 1 aliphatic carbocycles. The molecule has 0 aliphatic heterocycles. The second-order valence-corrected chi connectivity index (χ2v) is 5.61. The predicted molar refractivity (Wildman–Crippen MR) is 84.1 cm³/mol. The summed E-state index contributed by atoms with van der Waals surface area (Å²) in [5.41, 5.74) is 0.687. The number of carbonyl (C=O) groups excluding carboxylic acids is 3. The molecule has 0 spiro atoms. The Morgan fingerprint density at radius 2 is 1.52 bits per heavy atom. The van der Waals surface area contributed by atoms with E-state index in [4.69, 9.17) is 16.3 Å². The summed E-state index contributed by atoms with van der Waals surface area (Å²) in [6.07, 6.45) is 0. The number of carbonyl (C=O) groups is 3. The minimum absolute atomic E-state index is 0.211. The fourth-order valence-electron chi connectivity index (χ4n) is 2.44. The van der Waals surface area contributed by atoms with Gasteiger partial charge in [0, 0.05) is 16.7 Å². The Hall–Kier alpha value is -2.66. The number of hydrogen-bond acceptors (Lipinski definition) is 4. The molecular weight excluding hydrogens is 318 g/mol. The van der Waals surface area contributed by atoms with Gasteiger partial charge in [0.05, 0.1) is 7.11 Å². The van der Waals surface area contributed by atoms with Crippen LogP contribution in [0.5, 0.6) is 5.75 Å². The summed E-state index contributed by atoms with van der Waals surface area (Å²) in [6, 6.07) is 12.5. The van der Waals surface area contributed by atoms with Crippen LogP contribution < -0.4 is 10.1 Å². The molecule has 6 heteroatoms. The Balaban J connectivity index is 1.88. The molecule has 0 heterocycles. The van der Waals surface area contributed by atoms with Gasteiger partial charge >= 0.3 is 0 Å². The molecule has 2 aromatic carbocycles. The van der Waals surface area contributed by atoms with Gasteiger partial charge in [-0.2, -0.15) is 0 Å². The van der Waals surface area contributed by atoms with Crippen molar-refractivity contribution in [1.82, 2.24) is 5.32 Å². The molecule has 0 radical (unpaired) electrons. The summed E-state index contributed by atoms with van der Waals surface area (Å²) in [5, 5.41) is 2.34. The van der Waals surface area contributed by atoms with Crippen LogP contribution in [0.25, 0.3) is 0 Å². The summed E-state index contributed by atoms with van der Waals surface area (Å²) in [6.45, 7) is 0. The topological polar surface area (TPSA) is 72.5 Å². The molecule has 0 aromatic heterocycles. The van der Waals surface area contributed by atoms with E-state index in [0.29, 0.717) is 5.75 Å². The van der Waals surface area contributed by atoms with Crippen molar-refractivity contribution in [2.75, 3.05) is 7.11 Å². The quantitative estimate of drug-likeness (QED) is 0.533. The molecule has 0 fully saturated rings. The molecule has 0 saturated carbocycles. The number of amides is 1. The van der Waals surface area contributed by atoms with Crippen molar-refractivity contribution in [2.24, 2.45) is 0 Å². The van der Waals surface area contributed by atoms with Gasteiger partial charge in [0.1, 0.15) is 5.75 Å². The van der Waals surface area contributed by atoms with Crippen LogP contribution in [-0.2, 0) is 0 Å². The molecule has 2 aromatic rings. The molecule has 1 aliphatic rings. The van der Waals surface area contributed by atoms with Crippen molar-refractivity contribution >= 4 is 29.1 Å². The largest absolute Gasteiger partial charge is 0.497 e. The third-order valence-electron chi connectivity index (χ3n) is 3.68. The van der Waals surface area contributed by atoms with Crippen molar-refractivity contribution in [3.05, 3.63) is 65.2 Å². The Morgan fingerprint density at radius 3 is 2.00 bits per heavy atom. The zero-order chi connectivity index (χ0) is 16.6. The highest BCUT2D eigenvalue weighted by Gasteiger charge is 2.53. The third-order valence-corrected chi connectivity index (χ3v) is 4.12. The SMILES string of the molecule is COc1ccc(C(=O)NC2(Cl)C(=O)c3ccccc3C2=O)cc1. The van der Waals surface area contributed by atoms with E-state index < -0.39 is 22.5 Å². The Kier molecular flexibility index (Phi) is 3.66. The van der Waals surface area contributed by atoms with Crippen LogP contribution >= 0.6 is 11.6 Å². The van der Waals surface area contributed by atoms with Crippen molar-refractivity contribution in [2.45, 2.75) is 5.00 Å². The number of ether oxygens (including phenoxy) is 1. The highest BCUT2D eigenvalue weighted by molar-refractivity contribution is 6.55. The Morgan fingerprint density at radius 1 is 1.00 bits per heavy atom. The van der Waals surface area contributed by atoms with Gasteiger partial charge in [0.2, 0.25) is 16.6 Å². The van der Waals surface area contributed by atoms with Crippen LogP contribution in [0.15, 0.2) is 48.5 Å². The molecule has 0 unspecified atom stereocenters. The van der Waals surface area contributed by atoms with Gasteiger partial charge in [-0.15, -0.1) is 0 Å². The number of methoxy groups -OCH3 is 1. The van der Waals surface area contributed by atoms with Crippen LogP contribution in [0, 0.1) is 0 Å². The lowest BCUT2D eigenvalue weighted by atomic mass is 10.1. The van der Waals surface area contributed by atoms with Crippen LogP contribution in [0.2, 0.25) is 0 Å². The fourth-order valence-corrected chi connectivity index (χ4v) is 2.73. The number of nitrogens with one attached hydrogen (secondary N) is 1. The number of benzene rings is 2. The lowest BCUT2D eigenvalue weighted by Gasteiger charge is -2.19. The van der Waals surface area contributed by atoms with E-state index in [-0.39, 0.29) is 16.7 Å². The van der Waals surface area contributed by atoms with Crippen molar-refractivity contribution in [3.8, 4) is 5.75 Å². The van der Waals surface area contributed by atoms with Crippen LogP contribution in [-0.4, -0.2) is 29.6 Å². The first-order valence-electron chi connectivity index (χ1n) is 6.81. The molecule has 0 bridgehead atoms. The molecule has 5 nitrogen and oxygen atoms in total. The van der Waals surface area contributed by atoms with Gasteiger partial charge < -0.3 is 10.1 Å². The van der Waals surface area contributed by atoms with Gasteiger partial charge in [0.25, 0.3) is 5.91 Å². The van der Waals surface area contributed by atoms with E-state index >= 15 is 0 Å². The van der Waals surface area contributed by atoms with Gasteiger partial charge in [-0.1, -0.05) is 35.9 Å². The first kappa shape index (κ1) is 15.2. The Bertz CT molecular complexity index is 779. The number of halogens is 1. The summed E-state index contributed by atoms with van der Waals surface area (Å²) in [7, 11) is 1.51. The summed E-state index contributed by atoms with van der Waals surface area (Å²) >= 11 is 6.18. The zero-order valence-corrected chi connectivity index (χ0v) is 12.9. The van der Waals surface area contributed by atoms with Crippen LogP contribution in [0.4, 0.5) is 0 Å². The van der Waals surface area contributed by atoms with E-state index in [9.17, 15) is 14.4 Å². The average Bonchev–Trinajstić information content (AvgIpc) is 2.77. The first-order valence-corrected chi connectivity index (χ1v) is 7.19. The molecule has 116 valence electrons. The van der Waals surface area contributed by atoms with Gasteiger partial charge in [-0.25, -0.2) is 0 Å². The number of Topliss-reactive ketones (excluding diaryl/α,β-unsaturated/α-hetero) is 2. The number of hydrogen-bond donors (Lipinski definition) is 1. The van der Waals surface area contributed by atoms with Gasteiger partial charge in [0.15, 0.2) is 0 Å². The number of rotatable bonds is 3. The van der Waals surface area contributed by atoms with Crippen molar-refractivity contribution in [3.63, 3.8) is 0 Å². The normalized spacial score (nSPS) is 15.2. The molecule has 0 saturated heterocycles. The standard InChI is InChI=1S/C17H12ClNO4/c1-23-11-8-6-10(7-9-11)16(22)19-17(18)14(20)12-4-2-3-5-13(12)15(17)21/h2-9H,1H3,(H,19,22). The average molecular weight is 330 g/mol. The molecule has 1 amide bonds. The summed E-state index contributed by atoms with van der Waals surface area (Å²) < 4.78 is 5.01. The minimum Gasteiger partial charge on any atom is -0.497 e. The Labute approximate surface area is 137 Å². The number of alkyl halides is 1. The summed E-state index contributed by atoms with van der Waals surface area (Å²) in [4.78, 5) is 35.0. The van der Waals surface area contributed by atoms with Gasteiger partial charge in [-0.05, 0) is 24.3 Å². The first-order chi connectivity index (χ1) is 11.0.